The van der Waals surface area contributed by atoms with Crippen molar-refractivity contribution >= 4 is 118 Å². The third kappa shape index (κ3) is 14.5. The summed E-state index contributed by atoms with van der Waals surface area (Å²) in [4.78, 5) is 48.1. The van der Waals surface area contributed by atoms with Crippen molar-refractivity contribution in [3.8, 4) is 23.3 Å². The Morgan fingerprint density at radius 1 is 0.561 bits per heavy atom. The summed E-state index contributed by atoms with van der Waals surface area (Å²) in [5.41, 5.74) is 2.68. The fourth-order valence-corrected chi connectivity index (χ4v) is 11.1. The van der Waals surface area contributed by atoms with Gasteiger partial charge in [0, 0.05) is 33.8 Å². The van der Waals surface area contributed by atoms with Crippen molar-refractivity contribution in [1.29, 1.82) is 10.5 Å². The molecule has 2 aromatic heterocycles. The van der Waals surface area contributed by atoms with E-state index >= 15 is 0 Å². The standard InChI is InChI=1S/C52H42N10O16S4/c1-32-44(22-53)49(55-38-9-13-42(14-10-38)81(69,70)73-2)57-50(56-39-11-15-43(16-12-39)82(71,72)74-3)48(32)59-60-51-45(23-54)47(52(79-51)61-58-41-20-34(25-76-29-64)18-35(21-41)26-77-30-65)36-5-7-40(8-6-36)62-80(67,68)46-17-4-33(24-75-28-63)19-37(46)27-78-31-66/h4-21,28-31,62H,24-27H2,1-3H3,(H2,55,56,57). The third-order valence-corrected chi connectivity index (χ3v) is 16.4. The molecule has 0 aliphatic carbocycles. The number of nitriles is 2. The molecule has 420 valence electrons. The van der Waals surface area contributed by atoms with Gasteiger partial charge in [0.25, 0.3) is 56.1 Å². The average molecular weight is 1190 g/mol. The van der Waals surface area contributed by atoms with Gasteiger partial charge in [0.05, 0.1) is 40.2 Å². The van der Waals surface area contributed by atoms with Crippen LogP contribution in [0.15, 0.2) is 144 Å². The first-order chi connectivity index (χ1) is 39.4. The Hall–Kier alpha value is -9.82. The summed E-state index contributed by atoms with van der Waals surface area (Å²) in [6.45, 7) is 1.44. The highest BCUT2D eigenvalue weighted by molar-refractivity contribution is 7.92. The summed E-state index contributed by atoms with van der Waals surface area (Å²) < 4.78 is 108. The van der Waals surface area contributed by atoms with Crippen LogP contribution in [0, 0.1) is 29.6 Å². The number of aromatic nitrogens is 1. The van der Waals surface area contributed by atoms with Crippen LogP contribution in [-0.2, 0) is 103 Å². The molecular formula is C52H42N10O16S4. The molecule has 0 spiro atoms. The molecule has 3 N–H and O–H groups in total. The second kappa shape index (κ2) is 26.9. The molecule has 82 heavy (non-hydrogen) atoms. The van der Waals surface area contributed by atoms with Gasteiger partial charge in [-0.2, -0.15) is 27.4 Å². The number of azo groups is 2. The summed E-state index contributed by atoms with van der Waals surface area (Å²) in [6, 6.07) is 29.5. The lowest BCUT2D eigenvalue weighted by molar-refractivity contribution is -0.130. The van der Waals surface area contributed by atoms with E-state index in [-0.39, 0.29) is 133 Å². The van der Waals surface area contributed by atoms with Gasteiger partial charge < -0.3 is 29.6 Å². The molecule has 0 aliphatic heterocycles. The van der Waals surface area contributed by atoms with Gasteiger partial charge in [-0.1, -0.05) is 29.5 Å². The van der Waals surface area contributed by atoms with Gasteiger partial charge >= 0.3 is 0 Å². The molecule has 0 aliphatic rings. The number of pyridine rings is 1. The number of hydrogen-bond donors (Lipinski definition) is 3. The minimum Gasteiger partial charge on any atom is -0.463 e. The summed E-state index contributed by atoms with van der Waals surface area (Å²) >= 11 is 0.846. The Labute approximate surface area is 471 Å². The maximum Gasteiger partial charge on any atom is 0.296 e. The summed E-state index contributed by atoms with van der Waals surface area (Å²) in [7, 11) is -10.5. The molecule has 0 bridgehead atoms. The van der Waals surface area contributed by atoms with Crippen molar-refractivity contribution in [3.63, 3.8) is 0 Å². The highest BCUT2D eigenvalue weighted by Gasteiger charge is 2.25. The molecule has 0 fully saturated rings. The lowest BCUT2D eigenvalue weighted by Crippen LogP contribution is -2.16. The van der Waals surface area contributed by atoms with Crippen LogP contribution in [0.4, 0.5) is 50.1 Å². The van der Waals surface area contributed by atoms with Gasteiger partial charge in [-0.25, -0.2) is 13.4 Å². The molecule has 7 rings (SSSR count). The van der Waals surface area contributed by atoms with Gasteiger partial charge in [-0.3, -0.25) is 32.3 Å². The van der Waals surface area contributed by atoms with Crippen LogP contribution in [0.25, 0.3) is 11.1 Å². The molecule has 0 saturated carbocycles. The molecule has 26 nitrogen and oxygen atoms in total. The Balaban J connectivity index is 1.35. The van der Waals surface area contributed by atoms with Crippen LogP contribution in [0.1, 0.15) is 38.9 Å². The molecule has 0 radical (unpaired) electrons. The van der Waals surface area contributed by atoms with Gasteiger partial charge in [0.2, 0.25) is 0 Å². The van der Waals surface area contributed by atoms with E-state index in [1.165, 1.54) is 97.9 Å². The molecule has 0 unspecified atom stereocenters. The predicted molar refractivity (Wildman–Crippen MR) is 291 cm³/mol. The first kappa shape index (κ1) is 59.8. The van der Waals surface area contributed by atoms with E-state index in [1.807, 2.05) is 0 Å². The molecule has 0 amide bonds. The summed E-state index contributed by atoms with van der Waals surface area (Å²) in [5.74, 6) is -0.0722. The molecule has 0 atom stereocenters. The molecule has 5 aromatic carbocycles. The topological polar surface area (TPSA) is 372 Å². The van der Waals surface area contributed by atoms with Gasteiger partial charge in [0.1, 0.15) is 54.8 Å². The number of anilines is 5. The molecule has 2 heterocycles. The quantitative estimate of drug-likeness (QED) is 0.0178. The van der Waals surface area contributed by atoms with Crippen LogP contribution >= 0.6 is 11.3 Å². The molecule has 7 aromatic rings. The number of nitrogens with zero attached hydrogens (tertiary/aromatic N) is 7. The summed E-state index contributed by atoms with van der Waals surface area (Å²) in [6.07, 6.45) is 0. The number of ether oxygens (including phenoxy) is 4. The zero-order chi connectivity index (χ0) is 59.0. The zero-order valence-electron chi connectivity index (χ0n) is 42.8. The van der Waals surface area contributed by atoms with Crippen LogP contribution < -0.4 is 15.4 Å². The maximum absolute atomic E-state index is 13.8. The Morgan fingerprint density at radius 3 is 1.59 bits per heavy atom. The van der Waals surface area contributed by atoms with Crippen molar-refractivity contribution in [2.45, 2.75) is 48.0 Å². The third-order valence-electron chi connectivity index (χ3n) is 11.4. The molecule has 0 saturated heterocycles. The highest BCUT2D eigenvalue weighted by atomic mass is 32.2. The van der Waals surface area contributed by atoms with Gasteiger partial charge in [-0.15, -0.1) is 20.5 Å². The van der Waals surface area contributed by atoms with Crippen LogP contribution in [0.2, 0.25) is 0 Å². The zero-order valence-corrected chi connectivity index (χ0v) is 46.1. The smallest absolute Gasteiger partial charge is 0.296 e. The minimum atomic E-state index is -4.38. The monoisotopic (exact) mass is 1190 g/mol. The predicted octanol–water partition coefficient (Wildman–Crippen LogP) is 9.34. The van der Waals surface area contributed by atoms with Crippen LogP contribution in [-0.4, -0.2) is 70.3 Å². The van der Waals surface area contributed by atoms with E-state index in [9.17, 15) is 55.0 Å². The lowest BCUT2D eigenvalue weighted by atomic mass is 10.0. The number of nitrogens with one attached hydrogen (secondary N) is 3. The first-order valence-corrected chi connectivity index (χ1v) is 28.3. The molecule has 30 heteroatoms. The van der Waals surface area contributed by atoms with E-state index in [0.29, 0.717) is 27.9 Å². The number of hydrogen-bond acceptors (Lipinski definition) is 26. The van der Waals surface area contributed by atoms with E-state index in [0.717, 1.165) is 25.6 Å². The second-order valence-electron chi connectivity index (χ2n) is 16.5. The normalized spacial score (nSPS) is 11.5. The second-order valence-corrected chi connectivity index (χ2v) is 22.6. The Morgan fingerprint density at radius 2 is 1.06 bits per heavy atom. The van der Waals surface area contributed by atoms with Crippen molar-refractivity contribution in [1.82, 2.24) is 4.98 Å². The number of benzene rings is 5. The molecular weight excluding hydrogens is 1150 g/mol. The summed E-state index contributed by atoms with van der Waals surface area (Å²) in [5, 5.41) is 45.5. The van der Waals surface area contributed by atoms with E-state index in [2.05, 4.69) is 61.3 Å². The first-order valence-electron chi connectivity index (χ1n) is 23.2. The van der Waals surface area contributed by atoms with Gasteiger partial charge in [-0.05, 0) is 120 Å². The Bertz CT molecular complexity index is 4020. The van der Waals surface area contributed by atoms with E-state index < -0.39 is 36.9 Å². The van der Waals surface area contributed by atoms with Gasteiger partial charge in [0.15, 0.2) is 16.6 Å². The van der Waals surface area contributed by atoms with Crippen molar-refractivity contribution < 1.29 is 71.7 Å². The number of carbonyl (C=O) groups excluding carboxylic acids is 4. The van der Waals surface area contributed by atoms with Crippen molar-refractivity contribution in [2.24, 2.45) is 20.5 Å². The number of rotatable bonds is 28. The van der Waals surface area contributed by atoms with Crippen molar-refractivity contribution in [3.05, 3.63) is 148 Å². The number of thiophene rings is 1. The number of sulfonamides is 1. The van der Waals surface area contributed by atoms with E-state index in [1.54, 1.807) is 18.2 Å². The largest absolute Gasteiger partial charge is 0.463 e. The minimum absolute atomic E-state index is 0.0268. The SMILES string of the molecule is COS(=O)(=O)c1ccc(Nc2nc(Nc3ccc(S(=O)(=O)OC)cc3)c(N=Nc3sc(N=Nc4cc(COC=O)cc(COC=O)c4)c(-c4ccc(NS(=O)(=O)c5ccc(COC=O)cc5COC=O)cc4)c3C#N)c(C)c2C#N)cc1. The fourth-order valence-electron chi connectivity index (χ4n) is 7.62. The fraction of sp³-hybridized carbons (Fsp3) is 0.135. The average Bonchev–Trinajstić information content (AvgIpc) is 3.71. The van der Waals surface area contributed by atoms with Crippen LogP contribution in [0.5, 0.6) is 0 Å². The number of carbonyl (C=O) groups is 4. The van der Waals surface area contributed by atoms with E-state index in [4.69, 9.17) is 18.9 Å². The van der Waals surface area contributed by atoms with Crippen molar-refractivity contribution in [2.75, 3.05) is 29.6 Å². The van der Waals surface area contributed by atoms with Crippen LogP contribution in [0.3, 0.4) is 0 Å². The Kier molecular flexibility index (Phi) is 19.6. The lowest BCUT2D eigenvalue weighted by Gasteiger charge is -2.16. The highest BCUT2D eigenvalue weighted by Crippen LogP contribution is 2.49. The maximum atomic E-state index is 13.8.